The van der Waals surface area contributed by atoms with Gasteiger partial charge >= 0.3 is 19.8 Å². The van der Waals surface area contributed by atoms with Crippen LogP contribution in [0.5, 0.6) is 0 Å². The van der Waals surface area contributed by atoms with Gasteiger partial charge in [-0.2, -0.15) is 0 Å². The number of phosphoric ester groups is 1. The highest BCUT2D eigenvalue weighted by molar-refractivity contribution is 7.47. The van der Waals surface area contributed by atoms with Gasteiger partial charge in [-0.05, 0) is 89.9 Å². The number of esters is 1. The molecule has 0 aliphatic carbocycles. The van der Waals surface area contributed by atoms with Crippen molar-refractivity contribution in [3.05, 3.63) is 97.2 Å². The fraction of sp³-hybridized carbons (Fsp3) is 0.635. The van der Waals surface area contributed by atoms with Gasteiger partial charge in [0.1, 0.15) is 12.7 Å². The number of carbonyl (C=O) groups excluding carboxylic acids is 2. The van der Waals surface area contributed by atoms with E-state index in [2.05, 4.69) is 104 Å². The van der Waals surface area contributed by atoms with Crippen LogP contribution in [0, 0.1) is 0 Å². The number of amides is 1. The third-order valence-electron chi connectivity index (χ3n) is 9.86. The van der Waals surface area contributed by atoms with Crippen molar-refractivity contribution in [3.63, 3.8) is 0 Å². The predicted octanol–water partition coefficient (Wildman–Crippen LogP) is 13.2. The summed E-state index contributed by atoms with van der Waals surface area (Å²) in [6, 6.07) is -1.56. The highest BCUT2D eigenvalue weighted by atomic mass is 31.2. The lowest BCUT2D eigenvalue weighted by atomic mass is 10.0. The first kappa shape index (κ1) is 60.4. The molecule has 4 N–H and O–H groups in total. The second kappa shape index (κ2) is 45.9. The second-order valence-corrected chi connectivity index (χ2v) is 17.4. The zero-order chi connectivity index (χ0) is 47.0. The van der Waals surface area contributed by atoms with Gasteiger partial charge in [-0.1, -0.05) is 175 Å². The number of hydrogen-bond donors (Lipinski definition) is 4. The Morgan fingerprint density at radius 3 is 1.39 bits per heavy atom. The Balaban J connectivity index is 3.94. The first-order valence-corrected chi connectivity index (χ1v) is 25.8. The Morgan fingerprint density at radius 1 is 0.516 bits per heavy atom. The van der Waals surface area contributed by atoms with Gasteiger partial charge in [0.25, 0.3) is 0 Å². The summed E-state index contributed by atoms with van der Waals surface area (Å²) in [5.41, 5.74) is 0. The Morgan fingerprint density at radius 2 is 0.922 bits per heavy atom. The van der Waals surface area contributed by atoms with E-state index >= 15 is 0 Å². The van der Waals surface area contributed by atoms with Gasteiger partial charge in [-0.25, -0.2) is 9.36 Å². The summed E-state index contributed by atoms with van der Waals surface area (Å²) in [6.45, 7) is 2.39. The lowest BCUT2D eigenvalue weighted by Gasteiger charge is -2.18. The quantitative estimate of drug-likeness (QED) is 0.0200. The maximum absolute atomic E-state index is 12.4. The molecule has 0 aromatic heterocycles. The number of unbranched alkanes of at least 4 members (excludes halogenated alkanes) is 14. The van der Waals surface area contributed by atoms with Crippen LogP contribution in [0.25, 0.3) is 0 Å². The van der Waals surface area contributed by atoms with E-state index in [-0.39, 0.29) is 12.8 Å². The normalized spacial score (nSPS) is 14.4. The van der Waals surface area contributed by atoms with Gasteiger partial charge < -0.3 is 25.2 Å². The van der Waals surface area contributed by atoms with Gasteiger partial charge in [-0.3, -0.25) is 18.6 Å². The Labute approximate surface area is 387 Å². The Bertz CT molecular complexity index is 1450. The first-order valence-electron chi connectivity index (χ1n) is 24.3. The van der Waals surface area contributed by atoms with Crippen molar-refractivity contribution in [3.8, 4) is 0 Å². The SMILES string of the molecule is CC/C=C\C/C=C\C/C=C\C/C=C\C/C=C\CCCC(=O)OCC(O)COP(=O)(O)OCC(NC(=O)CCCCCCCCCCCC/C=C\C/C=C\C/C=C\CCCCC)C(=O)O. The molecular formula is C52H86NO10P. The molecule has 11 nitrogen and oxygen atoms in total. The zero-order valence-electron chi connectivity index (χ0n) is 39.5. The number of rotatable bonds is 44. The van der Waals surface area contributed by atoms with E-state index < -0.39 is 57.6 Å². The predicted molar refractivity (Wildman–Crippen MR) is 263 cm³/mol. The van der Waals surface area contributed by atoms with Crippen LogP contribution in [0.3, 0.4) is 0 Å². The van der Waals surface area contributed by atoms with E-state index in [0.29, 0.717) is 19.3 Å². The fourth-order valence-corrected chi connectivity index (χ4v) is 6.89. The summed E-state index contributed by atoms with van der Waals surface area (Å²) in [5.74, 6) is -2.45. The molecule has 364 valence electrons. The number of nitrogens with one attached hydrogen (secondary N) is 1. The van der Waals surface area contributed by atoms with Crippen LogP contribution in [0.1, 0.15) is 181 Å². The molecule has 1 amide bonds. The monoisotopic (exact) mass is 916 g/mol. The summed E-state index contributed by atoms with van der Waals surface area (Å²) in [4.78, 5) is 46.0. The Kier molecular flexibility index (Phi) is 43.4. The number of hydrogen-bond acceptors (Lipinski definition) is 8. The van der Waals surface area contributed by atoms with Gasteiger partial charge in [-0.15, -0.1) is 0 Å². The molecule has 0 aromatic carbocycles. The first-order chi connectivity index (χ1) is 31.1. The van der Waals surface area contributed by atoms with Crippen LogP contribution >= 0.6 is 7.82 Å². The number of phosphoric acid groups is 1. The number of carboxylic acid groups (broad SMARTS) is 1. The molecule has 0 spiro atoms. The molecule has 0 aromatic rings. The molecule has 0 radical (unpaired) electrons. The Hall–Kier alpha value is -3.60. The third-order valence-corrected chi connectivity index (χ3v) is 10.8. The summed E-state index contributed by atoms with van der Waals surface area (Å²) < 4.78 is 26.8. The average Bonchev–Trinajstić information content (AvgIpc) is 3.27. The number of carboxylic acids is 1. The molecule has 12 heteroatoms. The standard InChI is InChI=1S/C52H86NO10P/c1-3-5-7-9-11-13-15-17-19-21-22-23-24-25-26-28-29-31-33-35-37-39-41-43-50(55)53-49(52(57)58)47-63-64(59,60)62-46-48(54)45-61-51(56)44-42-40-38-36-34-32-30-27-20-18-16-14-12-10-8-6-4-2/h6,8,11-14,17-20,22-23,30,32,36,38,48-49,54H,3-5,7,9-10,15-16,21,24-29,31,33-35,37,39-47H2,1-2H3,(H,53,55)(H,57,58)(H,59,60)/b8-6-,13-11-,14-12-,19-17-,20-18-,23-22-,32-30-,38-36-. The lowest BCUT2D eigenvalue weighted by Crippen LogP contribution is -2.43. The van der Waals surface area contributed by atoms with Crippen molar-refractivity contribution in [1.82, 2.24) is 5.32 Å². The van der Waals surface area contributed by atoms with E-state index in [4.69, 9.17) is 13.8 Å². The van der Waals surface area contributed by atoms with Gasteiger partial charge in [0, 0.05) is 12.8 Å². The van der Waals surface area contributed by atoms with E-state index in [1.165, 1.54) is 57.8 Å². The van der Waals surface area contributed by atoms with Gasteiger partial charge in [0.2, 0.25) is 5.91 Å². The zero-order valence-corrected chi connectivity index (χ0v) is 40.4. The molecule has 0 saturated heterocycles. The molecular weight excluding hydrogens is 830 g/mol. The molecule has 3 unspecified atom stereocenters. The van der Waals surface area contributed by atoms with Crippen LogP contribution in [0.15, 0.2) is 97.2 Å². The maximum Gasteiger partial charge on any atom is 0.472 e. The highest BCUT2D eigenvalue weighted by Crippen LogP contribution is 2.43. The van der Waals surface area contributed by atoms with Gasteiger partial charge in [0.05, 0.1) is 13.2 Å². The van der Waals surface area contributed by atoms with Crippen LogP contribution in [-0.4, -0.2) is 64.9 Å². The molecule has 0 rings (SSSR count). The minimum atomic E-state index is -4.78. The topological polar surface area (TPSA) is 169 Å². The fourth-order valence-electron chi connectivity index (χ4n) is 6.12. The van der Waals surface area contributed by atoms with E-state index in [1.54, 1.807) is 0 Å². The number of allylic oxidation sites excluding steroid dienone is 16. The molecule has 0 aliphatic rings. The highest BCUT2D eigenvalue weighted by Gasteiger charge is 2.28. The number of carbonyl (C=O) groups is 3. The number of ether oxygens (including phenoxy) is 1. The van der Waals surface area contributed by atoms with Crippen molar-refractivity contribution in [2.45, 2.75) is 193 Å². The summed E-state index contributed by atoms with van der Waals surface area (Å²) in [7, 11) is -4.78. The number of aliphatic carboxylic acids is 1. The molecule has 0 heterocycles. The van der Waals surface area contributed by atoms with Crippen LogP contribution in [-0.2, 0) is 32.7 Å². The van der Waals surface area contributed by atoms with Crippen molar-refractivity contribution < 1.29 is 47.8 Å². The molecule has 3 atom stereocenters. The maximum atomic E-state index is 12.4. The molecule has 0 saturated carbocycles. The summed E-state index contributed by atoms with van der Waals surface area (Å²) in [5, 5.41) is 21.9. The van der Waals surface area contributed by atoms with E-state index in [0.717, 1.165) is 77.0 Å². The molecule has 0 fully saturated rings. The number of aliphatic hydroxyl groups is 1. The molecule has 64 heavy (non-hydrogen) atoms. The van der Waals surface area contributed by atoms with Crippen molar-refractivity contribution in [2.75, 3.05) is 19.8 Å². The summed E-state index contributed by atoms with van der Waals surface area (Å²) in [6.07, 6.45) is 58.6. The molecule has 0 bridgehead atoms. The van der Waals surface area contributed by atoms with Crippen molar-refractivity contribution >= 4 is 25.7 Å². The van der Waals surface area contributed by atoms with Gasteiger partial charge in [0.15, 0.2) is 6.04 Å². The minimum Gasteiger partial charge on any atom is -0.480 e. The third kappa shape index (κ3) is 45.0. The average molecular weight is 916 g/mol. The smallest absolute Gasteiger partial charge is 0.472 e. The van der Waals surface area contributed by atoms with Crippen LogP contribution in [0.4, 0.5) is 0 Å². The van der Waals surface area contributed by atoms with E-state index in [1.807, 2.05) is 12.2 Å². The van der Waals surface area contributed by atoms with Crippen LogP contribution in [0.2, 0.25) is 0 Å². The van der Waals surface area contributed by atoms with E-state index in [9.17, 15) is 34.1 Å². The largest absolute Gasteiger partial charge is 0.480 e. The second-order valence-electron chi connectivity index (χ2n) is 15.9. The van der Waals surface area contributed by atoms with Crippen LogP contribution < -0.4 is 5.32 Å². The lowest BCUT2D eigenvalue weighted by molar-refractivity contribution is -0.147. The van der Waals surface area contributed by atoms with Crippen molar-refractivity contribution in [2.24, 2.45) is 0 Å². The minimum absolute atomic E-state index is 0.132. The summed E-state index contributed by atoms with van der Waals surface area (Å²) >= 11 is 0. The van der Waals surface area contributed by atoms with Crippen molar-refractivity contribution in [1.29, 1.82) is 0 Å². The number of aliphatic hydroxyl groups excluding tert-OH is 1. The molecule has 0 aliphatic heterocycles.